The van der Waals surface area contributed by atoms with Gasteiger partial charge in [0.15, 0.2) is 0 Å². The summed E-state index contributed by atoms with van der Waals surface area (Å²) in [6.07, 6.45) is 4.61. The SMILES string of the molecule is C#CCCOC(=O)OC. The molecular weight excluding hydrogens is 120 g/mol. The van der Waals surface area contributed by atoms with E-state index in [-0.39, 0.29) is 6.61 Å². The first-order valence-electron chi connectivity index (χ1n) is 2.45. The highest BCUT2D eigenvalue weighted by molar-refractivity contribution is 5.59. The molecule has 0 aliphatic rings. The van der Waals surface area contributed by atoms with Gasteiger partial charge in [0, 0.05) is 6.42 Å². The first kappa shape index (κ1) is 7.83. The predicted molar refractivity (Wildman–Crippen MR) is 31.8 cm³/mol. The number of methoxy groups -OCH3 is 1. The Morgan fingerprint density at radius 3 is 2.89 bits per heavy atom. The maximum absolute atomic E-state index is 10.2. The van der Waals surface area contributed by atoms with Crippen LogP contribution in [0.15, 0.2) is 0 Å². The molecule has 9 heavy (non-hydrogen) atoms. The maximum atomic E-state index is 10.2. The monoisotopic (exact) mass is 128 g/mol. The zero-order valence-corrected chi connectivity index (χ0v) is 5.22. The Bertz CT molecular complexity index is 123. The maximum Gasteiger partial charge on any atom is 0.508 e. The van der Waals surface area contributed by atoms with E-state index in [1.807, 2.05) is 0 Å². The summed E-state index contributed by atoms with van der Waals surface area (Å²) in [4.78, 5) is 10.2. The van der Waals surface area contributed by atoms with Crippen molar-refractivity contribution in [1.29, 1.82) is 0 Å². The highest BCUT2D eigenvalue weighted by Crippen LogP contribution is 1.83. The summed E-state index contributed by atoms with van der Waals surface area (Å²) >= 11 is 0. The van der Waals surface area contributed by atoms with Crippen molar-refractivity contribution in [3.8, 4) is 12.3 Å². The molecule has 0 aromatic heterocycles. The summed E-state index contributed by atoms with van der Waals surface area (Å²) in [5, 5.41) is 0. The molecule has 0 aromatic carbocycles. The van der Waals surface area contributed by atoms with Crippen LogP contribution in [0.3, 0.4) is 0 Å². The highest BCUT2D eigenvalue weighted by Gasteiger charge is 1.95. The smallest absolute Gasteiger partial charge is 0.438 e. The van der Waals surface area contributed by atoms with Gasteiger partial charge >= 0.3 is 6.16 Å². The van der Waals surface area contributed by atoms with Crippen molar-refractivity contribution in [2.24, 2.45) is 0 Å². The van der Waals surface area contributed by atoms with E-state index >= 15 is 0 Å². The lowest BCUT2D eigenvalue weighted by Gasteiger charge is -1.97. The molecule has 0 unspecified atom stereocenters. The van der Waals surface area contributed by atoms with Gasteiger partial charge in [-0.15, -0.1) is 12.3 Å². The van der Waals surface area contributed by atoms with E-state index in [2.05, 4.69) is 15.4 Å². The quantitative estimate of drug-likeness (QED) is 0.313. The van der Waals surface area contributed by atoms with Crippen LogP contribution in [-0.4, -0.2) is 19.9 Å². The molecule has 0 amide bonds. The Balaban J connectivity index is 3.09. The number of carbonyl (C=O) groups excluding carboxylic acids is 1. The minimum atomic E-state index is -0.690. The van der Waals surface area contributed by atoms with Crippen LogP contribution < -0.4 is 0 Å². The summed E-state index contributed by atoms with van der Waals surface area (Å²) in [5.41, 5.74) is 0. The van der Waals surface area contributed by atoms with E-state index in [1.54, 1.807) is 0 Å². The fourth-order valence-electron chi connectivity index (χ4n) is 0.252. The molecule has 50 valence electrons. The van der Waals surface area contributed by atoms with E-state index in [0.29, 0.717) is 6.42 Å². The van der Waals surface area contributed by atoms with E-state index in [4.69, 9.17) is 6.42 Å². The molecule has 0 atom stereocenters. The normalized spacial score (nSPS) is 7.56. The van der Waals surface area contributed by atoms with Gasteiger partial charge in [0.2, 0.25) is 0 Å². The molecule has 0 aliphatic heterocycles. The van der Waals surface area contributed by atoms with E-state index in [1.165, 1.54) is 7.11 Å². The van der Waals surface area contributed by atoms with Gasteiger partial charge < -0.3 is 9.47 Å². The Hall–Kier alpha value is -1.17. The summed E-state index contributed by atoms with van der Waals surface area (Å²) in [6.45, 7) is 0.225. The lowest BCUT2D eigenvalue weighted by Crippen LogP contribution is -2.04. The molecule has 0 bridgehead atoms. The molecule has 0 radical (unpaired) electrons. The first-order chi connectivity index (χ1) is 4.31. The molecule has 0 spiro atoms. The lowest BCUT2D eigenvalue weighted by atomic mass is 10.5. The van der Waals surface area contributed by atoms with Gasteiger partial charge in [-0.25, -0.2) is 4.79 Å². The van der Waals surface area contributed by atoms with Crippen LogP contribution in [0.2, 0.25) is 0 Å². The average molecular weight is 128 g/mol. The fraction of sp³-hybridized carbons (Fsp3) is 0.500. The number of hydrogen-bond acceptors (Lipinski definition) is 3. The van der Waals surface area contributed by atoms with E-state index in [0.717, 1.165) is 0 Å². The highest BCUT2D eigenvalue weighted by atomic mass is 16.7. The van der Waals surface area contributed by atoms with E-state index in [9.17, 15) is 4.79 Å². The standard InChI is InChI=1S/C6H8O3/c1-3-4-5-9-6(7)8-2/h1H,4-5H2,2H3. The lowest BCUT2D eigenvalue weighted by molar-refractivity contribution is 0.0746. The average Bonchev–Trinajstić information content (AvgIpc) is 1.89. The largest absolute Gasteiger partial charge is 0.508 e. The molecule has 0 fully saturated rings. The van der Waals surface area contributed by atoms with Gasteiger partial charge in [0.1, 0.15) is 6.61 Å². The van der Waals surface area contributed by atoms with Gasteiger partial charge in [-0.2, -0.15) is 0 Å². The molecule has 3 heteroatoms. The topological polar surface area (TPSA) is 35.5 Å². The van der Waals surface area contributed by atoms with Crippen LogP contribution in [-0.2, 0) is 9.47 Å². The van der Waals surface area contributed by atoms with Crippen molar-refractivity contribution < 1.29 is 14.3 Å². The third-order valence-corrected chi connectivity index (χ3v) is 0.633. The number of carbonyl (C=O) groups is 1. The van der Waals surface area contributed by atoms with Crippen molar-refractivity contribution >= 4 is 6.16 Å². The third kappa shape index (κ3) is 4.69. The number of rotatable bonds is 2. The Kier molecular flexibility index (Phi) is 4.33. The van der Waals surface area contributed by atoms with Crippen molar-refractivity contribution in [3.05, 3.63) is 0 Å². The van der Waals surface area contributed by atoms with Crippen LogP contribution in [0, 0.1) is 12.3 Å². The predicted octanol–water partition coefficient (Wildman–Crippen LogP) is 0.793. The minimum absolute atomic E-state index is 0.225. The first-order valence-corrected chi connectivity index (χ1v) is 2.45. The molecule has 0 N–H and O–H groups in total. The van der Waals surface area contributed by atoms with Gasteiger partial charge in [0.05, 0.1) is 7.11 Å². The van der Waals surface area contributed by atoms with Gasteiger partial charge in [-0.1, -0.05) is 0 Å². The zero-order chi connectivity index (χ0) is 7.11. The molecule has 0 rings (SSSR count). The van der Waals surface area contributed by atoms with Crippen LogP contribution in [0.1, 0.15) is 6.42 Å². The summed E-state index contributed by atoms with van der Waals surface area (Å²) in [5.74, 6) is 2.31. The van der Waals surface area contributed by atoms with Gasteiger partial charge in [0.25, 0.3) is 0 Å². The second kappa shape index (κ2) is 4.98. The second-order valence-corrected chi connectivity index (χ2v) is 1.26. The third-order valence-electron chi connectivity index (χ3n) is 0.633. The van der Waals surface area contributed by atoms with Crippen molar-refractivity contribution in [1.82, 2.24) is 0 Å². The van der Waals surface area contributed by atoms with Crippen LogP contribution in [0.4, 0.5) is 4.79 Å². The van der Waals surface area contributed by atoms with Crippen LogP contribution in [0.5, 0.6) is 0 Å². The Morgan fingerprint density at radius 1 is 1.78 bits per heavy atom. The summed E-state index contributed by atoms with van der Waals surface area (Å²) < 4.78 is 8.59. The summed E-state index contributed by atoms with van der Waals surface area (Å²) in [7, 11) is 1.25. The molecular formula is C6H8O3. The number of ether oxygens (including phenoxy) is 2. The van der Waals surface area contributed by atoms with Crippen LogP contribution in [0.25, 0.3) is 0 Å². The van der Waals surface area contributed by atoms with Gasteiger partial charge in [-0.05, 0) is 0 Å². The minimum Gasteiger partial charge on any atom is -0.438 e. The van der Waals surface area contributed by atoms with Crippen molar-refractivity contribution in [2.45, 2.75) is 6.42 Å². The van der Waals surface area contributed by atoms with Crippen molar-refractivity contribution in [2.75, 3.05) is 13.7 Å². The van der Waals surface area contributed by atoms with Crippen molar-refractivity contribution in [3.63, 3.8) is 0 Å². The molecule has 0 saturated carbocycles. The van der Waals surface area contributed by atoms with Crippen LogP contribution >= 0.6 is 0 Å². The Morgan fingerprint density at radius 2 is 2.44 bits per heavy atom. The van der Waals surface area contributed by atoms with E-state index < -0.39 is 6.16 Å². The number of hydrogen-bond donors (Lipinski definition) is 0. The zero-order valence-electron chi connectivity index (χ0n) is 5.22. The molecule has 0 saturated heterocycles. The van der Waals surface area contributed by atoms with Gasteiger partial charge in [-0.3, -0.25) is 0 Å². The molecule has 0 aromatic rings. The molecule has 0 aliphatic carbocycles. The fourth-order valence-corrected chi connectivity index (χ4v) is 0.252. The number of terminal acetylenes is 1. The summed E-state index contributed by atoms with van der Waals surface area (Å²) in [6, 6.07) is 0. The molecule has 3 nitrogen and oxygen atoms in total. The molecule has 0 heterocycles. The second-order valence-electron chi connectivity index (χ2n) is 1.26. The Labute approximate surface area is 54.0 Å².